The molecule has 4 nitrogen and oxygen atoms in total. The van der Waals surface area contributed by atoms with Crippen molar-refractivity contribution in [3.05, 3.63) is 34.6 Å². The van der Waals surface area contributed by atoms with Gasteiger partial charge in [0.25, 0.3) is 5.91 Å². The Morgan fingerprint density at radius 1 is 1.50 bits per heavy atom. The van der Waals surface area contributed by atoms with E-state index in [4.69, 9.17) is 11.6 Å². The first-order chi connectivity index (χ1) is 8.54. The van der Waals surface area contributed by atoms with Crippen molar-refractivity contribution in [2.75, 3.05) is 6.54 Å². The van der Waals surface area contributed by atoms with Crippen LogP contribution in [0.4, 0.5) is 4.39 Å². The van der Waals surface area contributed by atoms with Crippen LogP contribution in [0.1, 0.15) is 5.56 Å². The molecule has 18 heavy (non-hydrogen) atoms. The highest BCUT2D eigenvalue weighted by atomic mass is 35.5. The number of β-amino-alcohol motifs (C(OH)–C–C–N with tert-alkyl or cyclic N) is 1. The van der Waals surface area contributed by atoms with Gasteiger partial charge in [-0.25, -0.2) is 4.39 Å². The third-order valence-electron chi connectivity index (χ3n) is 2.41. The lowest BCUT2D eigenvalue weighted by Gasteiger charge is -2.27. The van der Waals surface area contributed by atoms with E-state index in [1.807, 2.05) is 0 Å². The fourth-order valence-corrected chi connectivity index (χ4v) is 2.75. The average Bonchev–Trinajstić information content (AvgIpc) is 2.29. The molecule has 1 aromatic rings. The van der Waals surface area contributed by atoms with Gasteiger partial charge in [-0.2, -0.15) is 0 Å². The molecular formula is C11H12ClFN2O2S. The van der Waals surface area contributed by atoms with Crippen LogP contribution in [0.15, 0.2) is 18.2 Å². The maximum absolute atomic E-state index is 13.1. The number of thioether (sulfide) groups is 1. The third-order valence-corrected chi connectivity index (χ3v) is 3.75. The summed E-state index contributed by atoms with van der Waals surface area (Å²) in [5.74, 6) is -0.274. The van der Waals surface area contributed by atoms with Crippen LogP contribution in [0, 0.1) is 5.82 Å². The Morgan fingerprint density at radius 2 is 2.28 bits per heavy atom. The number of carbonyl (C=O) groups is 1. The minimum Gasteiger partial charge on any atom is -0.382 e. The summed E-state index contributed by atoms with van der Waals surface area (Å²) < 4.78 is 13.1. The van der Waals surface area contributed by atoms with Crippen molar-refractivity contribution in [3.8, 4) is 0 Å². The highest BCUT2D eigenvalue weighted by molar-refractivity contribution is 7.99. The SMILES string of the molecule is O=C1NC(SCc2cc(F)cc(Cl)c2)NCC1O. The molecule has 3 N–H and O–H groups in total. The molecule has 0 radical (unpaired) electrons. The van der Waals surface area contributed by atoms with E-state index in [9.17, 15) is 14.3 Å². The van der Waals surface area contributed by atoms with Crippen LogP contribution >= 0.6 is 23.4 Å². The Bertz CT molecular complexity index is 440. The van der Waals surface area contributed by atoms with Gasteiger partial charge in [0.2, 0.25) is 0 Å². The number of rotatable bonds is 3. The molecule has 1 aliphatic heterocycles. The first-order valence-electron chi connectivity index (χ1n) is 5.33. The van der Waals surface area contributed by atoms with Gasteiger partial charge in [0.05, 0.1) is 0 Å². The molecule has 0 saturated carbocycles. The molecule has 0 aromatic heterocycles. The Hall–Kier alpha value is -0.820. The summed E-state index contributed by atoms with van der Waals surface area (Å²) >= 11 is 7.14. The molecule has 1 aliphatic rings. The van der Waals surface area contributed by atoms with Crippen molar-refractivity contribution in [2.24, 2.45) is 0 Å². The summed E-state index contributed by atoms with van der Waals surface area (Å²) in [6.07, 6.45) is -1.01. The molecule has 1 amide bonds. The smallest absolute Gasteiger partial charge is 0.252 e. The van der Waals surface area contributed by atoms with Crippen LogP contribution in [0.3, 0.4) is 0 Å². The van der Waals surface area contributed by atoms with E-state index in [2.05, 4.69) is 10.6 Å². The molecule has 1 aromatic carbocycles. The molecule has 2 unspecified atom stereocenters. The lowest BCUT2D eigenvalue weighted by molar-refractivity contribution is -0.131. The maximum atomic E-state index is 13.1. The van der Waals surface area contributed by atoms with E-state index in [0.717, 1.165) is 5.56 Å². The molecule has 0 bridgehead atoms. The summed E-state index contributed by atoms with van der Waals surface area (Å²) in [6.45, 7) is 0.216. The summed E-state index contributed by atoms with van der Waals surface area (Å²) in [6, 6.07) is 4.32. The number of benzene rings is 1. The van der Waals surface area contributed by atoms with Gasteiger partial charge in [0.1, 0.15) is 17.4 Å². The number of halogens is 2. The normalized spacial score (nSPS) is 23.8. The van der Waals surface area contributed by atoms with E-state index < -0.39 is 12.0 Å². The lowest BCUT2D eigenvalue weighted by atomic mass is 10.2. The minimum atomic E-state index is -1.01. The fraction of sp³-hybridized carbons (Fsp3) is 0.364. The zero-order valence-corrected chi connectivity index (χ0v) is 10.9. The molecule has 1 saturated heterocycles. The Kier molecular flexibility index (Phi) is 4.45. The number of aliphatic hydroxyl groups excluding tert-OH is 1. The summed E-state index contributed by atoms with van der Waals surface area (Å²) in [5, 5.41) is 15.1. The van der Waals surface area contributed by atoms with Crippen LogP contribution in [0.5, 0.6) is 0 Å². The standard InChI is InChI=1S/C11H12ClFN2O2S/c12-7-1-6(2-8(13)3-7)5-18-11-14-4-9(16)10(17)15-11/h1-3,9,11,14,16H,4-5H2,(H,15,17). The van der Waals surface area contributed by atoms with Gasteiger partial charge in [-0.3, -0.25) is 10.1 Å². The van der Waals surface area contributed by atoms with Gasteiger partial charge in [-0.05, 0) is 23.8 Å². The Morgan fingerprint density at radius 3 is 2.94 bits per heavy atom. The van der Waals surface area contributed by atoms with Crippen molar-refractivity contribution >= 4 is 29.3 Å². The molecule has 98 valence electrons. The second kappa shape index (κ2) is 5.88. The Labute approximate surface area is 113 Å². The molecule has 1 heterocycles. The van der Waals surface area contributed by atoms with Gasteiger partial charge in [-0.1, -0.05) is 11.6 Å². The molecule has 2 rings (SSSR count). The largest absolute Gasteiger partial charge is 0.382 e. The summed E-state index contributed by atoms with van der Waals surface area (Å²) in [5.41, 5.74) is 0.454. The molecule has 2 atom stereocenters. The number of amides is 1. The first-order valence-corrected chi connectivity index (χ1v) is 6.75. The lowest BCUT2D eigenvalue weighted by Crippen LogP contribution is -2.57. The highest BCUT2D eigenvalue weighted by Gasteiger charge is 2.25. The van der Waals surface area contributed by atoms with Crippen molar-refractivity contribution < 1.29 is 14.3 Å². The monoisotopic (exact) mass is 290 g/mol. The van der Waals surface area contributed by atoms with Crippen LogP contribution in [-0.2, 0) is 10.5 Å². The van der Waals surface area contributed by atoms with Gasteiger partial charge < -0.3 is 10.4 Å². The molecule has 0 spiro atoms. The van der Waals surface area contributed by atoms with E-state index >= 15 is 0 Å². The Balaban J connectivity index is 1.90. The van der Waals surface area contributed by atoms with Gasteiger partial charge in [-0.15, -0.1) is 11.8 Å². The van der Waals surface area contributed by atoms with Crippen molar-refractivity contribution in [2.45, 2.75) is 17.4 Å². The zero-order valence-electron chi connectivity index (χ0n) is 9.32. The number of hydrogen-bond acceptors (Lipinski definition) is 4. The molecule has 0 aliphatic carbocycles. The minimum absolute atomic E-state index is 0.216. The number of aliphatic hydroxyl groups is 1. The van der Waals surface area contributed by atoms with E-state index in [0.29, 0.717) is 10.8 Å². The van der Waals surface area contributed by atoms with Crippen LogP contribution in [-0.4, -0.2) is 29.2 Å². The second-order valence-electron chi connectivity index (χ2n) is 3.90. The van der Waals surface area contributed by atoms with Crippen molar-refractivity contribution in [3.63, 3.8) is 0 Å². The number of hydrogen-bond donors (Lipinski definition) is 3. The summed E-state index contributed by atoms with van der Waals surface area (Å²) in [7, 11) is 0. The van der Waals surface area contributed by atoms with Crippen molar-refractivity contribution in [1.29, 1.82) is 0 Å². The number of carbonyl (C=O) groups excluding carboxylic acids is 1. The fourth-order valence-electron chi connectivity index (χ4n) is 1.56. The first kappa shape index (κ1) is 13.6. The molecule has 1 fully saturated rings. The maximum Gasteiger partial charge on any atom is 0.252 e. The molecule has 7 heteroatoms. The topological polar surface area (TPSA) is 61.4 Å². The number of nitrogens with one attached hydrogen (secondary N) is 2. The van der Waals surface area contributed by atoms with Crippen LogP contribution in [0.2, 0.25) is 5.02 Å². The van der Waals surface area contributed by atoms with E-state index in [-0.39, 0.29) is 17.9 Å². The highest BCUT2D eigenvalue weighted by Crippen LogP contribution is 2.20. The van der Waals surface area contributed by atoms with Crippen molar-refractivity contribution in [1.82, 2.24) is 10.6 Å². The molecular weight excluding hydrogens is 279 g/mol. The van der Waals surface area contributed by atoms with Crippen LogP contribution in [0.25, 0.3) is 0 Å². The van der Waals surface area contributed by atoms with Gasteiger partial charge >= 0.3 is 0 Å². The second-order valence-corrected chi connectivity index (χ2v) is 5.43. The predicted octanol–water partition coefficient (Wildman–Crippen LogP) is 1.08. The van der Waals surface area contributed by atoms with Gasteiger partial charge in [0, 0.05) is 17.3 Å². The van der Waals surface area contributed by atoms with Gasteiger partial charge in [0.15, 0.2) is 0 Å². The van der Waals surface area contributed by atoms with E-state index in [1.54, 1.807) is 6.07 Å². The van der Waals surface area contributed by atoms with E-state index in [1.165, 1.54) is 23.9 Å². The summed E-state index contributed by atoms with van der Waals surface area (Å²) in [4.78, 5) is 11.2. The third kappa shape index (κ3) is 3.58. The zero-order chi connectivity index (χ0) is 13.1. The quantitative estimate of drug-likeness (QED) is 0.779. The predicted molar refractivity (Wildman–Crippen MR) is 68.6 cm³/mol. The average molecular weight is 291 g/mol. The van der Waals surface area contributed by atoms with Crippen LogP contribution < -0.4 is 10.6 Å².